The number of methoxy groups -OCH3 is 3. The van der Waals surface area contributed by atoms with Crippen molar-refractivity contribution in [1.29, 1.82) is 0 Å². The molecule has 2 amide bonds. The fourth-order valence-electron chi connectivity index (χ4n) is 2.78. The van der Waals surface area contributed by atoms with E-state index in [-0.39, 0.29) is 10.7 Å². The Morgan fingerprint density at radius 2 is 1.72 bits per heavy atom. The summed E-state index contributed by atoms with van der Waals surface area (Å²) in [4.78, 5) is 26.8. The molecule has 3 rings (SSSR count). The van der Waals surface area contributed by atoms with Crippen LogP contribution in [0.25, 0.3) is 6.08 Å². The van der Waals surface area contributed by atoms with Gasteiger partial charge in [0.2, 0.25) is 0 Å². The smallest absolute Gasteiger partial charge is 0.270 e. The molecular weight excluding hydrogens is 416 g/mol. The van der Waals surface area contributed by atoms with E-state index in [0.717, 1.165) is 0 Å². The number of carbonyl (C=O) groups excluding carboxylic acids is 2. The Morgan fingerprint density at radius 1 is 1.00 bits per heavy atom. The van der Waals surface area contributed by atoms with Gasteiger partial charge < -0.3 is 14.2 Å². The van der Waals surface area contributed by atoms with Gasteiger partial charge in [0.15, 0.2) is 5.11 Å². The van der Waals surface area contributed by atoms with Gasteiger partial charge in [0.05, 0.1) is 32.0 Å². The SMILES string of the molecule is COc1ccc(N2C(=O)/C(=C/c3ccc(OC)c(Cl)c3)C(=O)NC2=S)c(OC)c1. The van der Waals surface area contributed by atoms with E-state index in [1.54, 1.807) is 36.4 Å². The van der Waals surface area contributed by atoms with Crippen LogP contribution in [0.3, 0.4) is 0 Å². The molecule has 1 heterocycles. The molecular formula is C20H17ClN2O5S. The number of nitrogens with zero attached hydrogens (tertiary/aromatic N) is 1. The summed E-state index contributed by atoms with van der Waals surface area (Å²) >= 11 is 11.4. The van der Waals surface area contributed by atoms with Crippen molar-refractivity contribution in [3.05, 3.63) is 52.6 Å². The highest BCUT2D eigenvalue weighted by atomic mass is 35.5. The minimum absolute atomic E-state index is 0.0478. The maximum Gasteiger partial charge on any atom is 0.270 e. The number of thiocarbonyl (C=S) groups is 1. The minimum Gasteiger partial charge on any atom is -0.497 e. The topological polar surface area (TPSA) is 77.1 Å². The predicted molar refractivity (Wildman–Crippen MR) is 114 cm³/mol. The lowest BCUT2D eigenvalue weighted by Crippen LogP contribution is -2.54. The molecule has 0 aliphatic carbocycles. The van der Waals surface area contributed by atoms with Crippen molar-refractivity contribution in [3.8, 4) is 17.2 Å². The van der Waals surface area contributed by atoms with Crippen molar-refractivity contribution in [2.45, 2.75) is 0 Å². The van der Waals surface area contributed by atoms with Crippen LogP contribution >= 0.6 is 23.8 Å². The van der Waals surface area contributed by atoms with Crippen molar-refractivity contribution in [2.75, 3.05) is 26.2 Å². The molecule has 0 aromatic heterocycles. The summed E-state index contributed by atoms with van der Waals surface area (Å²) in [6.45, 7) is 0. The van der Waals surface area contributed by atoms with Crippen molar-refractivity contribution in [3.63, 3.8) is 0 Å². The second kappa shape index (κ2) is 8.50. The van der Waals surface area contributed by atoms with Gasteiger partial charge in [-0.15, -0.1) is 0 Å². The molecule has 2 aromatic carbocycles. The number of nitrogens with one attached hydrogen (secondary N) is 1. The third-order valence-corrected chi connectivity index (χ3v) is 4.80. The summed E-state index contributed by atoms with van der Waals surface area (Å²) in [6, 6.07) is 9.84. The normalized spacial score (nSPS) is 15.4. The zero-order valence-electron chi connectivity index (χ0n) is 15.8. The molecule has 0 saturated carbocycles. The molecule has 1 N–H and O–H groups in total. The lowest BCUT2D eigenvalue weighted by molar-refractivity contribution is -0.122. The molecule has 0 unspecified atom stereocenters. The molecule has 0 radical (unpaired) electrons. The van der Waals surface area contributed by atoms with Gasteiger partial charge in [-0.25, -0.2) is 4.90 Å². The van der Waals surface area contributed by atoms with Gasteiger partial charge in [-0.2, -0.15) is 0 Å². The summed E-state index contributed by atoms with van der Waals surface area (Å²) in [6.07, 6.45) is 1.44. The van der Waals surface area contributed by atoms with Crippen LogP contribution in [0, 0.1) is 0 Å². The monoisotopic (exact) mass is 432 g/mol. The first-order valence-electron chi connectivity index (χ1n) is 8.36. The number of rotatable bonds is 5. The average molecular weight is 433 g/mol. The Kier molecular flexibility index (Phi) is 6.05. The second-order valence-corrected chi connectivity index (χ2v) is 6.68. The number of anilines is 1. The van der Waals surface area contributed by atoms with E-state index in [2.05, 4.69) is 5.32 Å². The largest absolute Gasteiger partial charge is 0.497 e. The zero-order chi connectivity index (χ0) is 21.1. The van der Waals surface area contributed by atoms with Crippen LogP contribution in [0.15, 0.2) is 42.0 Å². The molecule has 0 spiro atoms. The first-order chi connectivity index (χ1) is 13.9. The maximum atomic E-state index is 13.1. The van der Waals surface area contributed by atoms with Crippen LogP contribution in [0.2, 0.25) is 5.02 Å². The highest BCUT2D eigenvalue weighted by Gasteiger charge is 2.36. The molecule has 0 bridgehead atoms. The lowest BCUT2D eigenvalue weighted by atomic mass is 10.1. The summed E-state index contributed by atoms with van der Waals surface area (Å²) < 4.78 is 15.7. The lowest BCUT2D eigenvalue weighted by Gasteiger charge is -2.30. The molecule has 1 fully saturated rings. The van der Waals surface area contributed by atoms with Crippen LogP contribution in [-0.4, -0.2) is 38.3 Å². The minimum atomic E-state index is -0.601. The van der Waals surface area contributed by atoms with E-state index < -0.39 is 11.8 Å². The quantitative estimate of drug-likeness (QED) is 0.444. The fraction of sp³-hybridized carbons (Fsp3) is 0.150. The average Bonchev–Trinajstić information content (AvgIpc) is 2.71. The number of carbonyl (C=O) groups is 2. The van der Waals surface area contributed by atoms with Gasteiger partial charge in [0, 0.05) is 6.07 Å². The van der Waals surface area contributed by atoms with Crippen LogP contribution in [0.1, 0.15) is 5.56 Å². The van der Waals surface area contributed by atoms with Crippen molar-refractivity contribution in [2.24, 2.45) is 0 Å². The molecule has 1 saturated heterocycles. The van der Waals surface area contributed by atoms with E-state index in [4.69, 9.17) is 38.0 Å². The van der Waals surface area contributed by atoms with Crippen LogP contribution in [0.4, 0.5) is 5.69 Å². The van der Waals surface area contributed by atoms with Crippen LogP contribution < -0.4 is 24.4 Å². The Balaban J connectivity index is 2.04. The number of hydrogen-bond donors (Lipinski definition) is 1. The molecule has 0 atom stereocenters. The van der Waals surface area contributed by atoms with Crippen molar-refractivity contribution < 1.29 is 23.8 Å². The van der Waals surface area contributed by atoms with E-state index >= 15 is 0 Å². The van der Waals surface area contributed by atoms with Gasteiger partial charge in [-0.3, -0.25) is 14.9 Å². The second-order valence-electron chi connectivity index (χ2n) is 5.89. The van der Waals surface area contributed by atoms with Gasteiger partial charge in [0.1, 0.15) is 22.8 Å². The summed E-state index contributed by atoms with van der Waals surface area (Å²) in [5.41, 5.74) is 0.837. The highest BCUT2D eigenvalue weighted by molar-refractivity contribution is 7.80. The van der Waals surface area contributed by atoms with Gasteiger partial charge in [-0.1, -0.05) is 17.7 Å². The first kappa shape index (κ1) is 20.6. The Hall–Kier alpha value is -3.10. The number of benzene rings is 2. The third kappa shape index (κ3) is 4.03. The third-order valence-electron chi connectivity index (χ3n) is 4.22. The van der Waals surface area contributed by atoms with Crippen LogP contribution in [-0.2, 0) is 9.59 Å². The highest BCUT2D eigenvalue weighted by Crippen LogP contribution is 2.34. The zero-order valence-corrected chi connectivity index (χ0v) is 17.4. The molecule has 1 aliphatic rings. The first-order valence-corrected chi connectivity index (χ1v) is 9.15. The Morgan fingerprint density at radius 3 is 2.34 bits per heavy atom. The number of amides is 2. The summed E-state index contributed by atoms with van der Waals surface area (Å²) in [5.74, 6) is 0.209. The van der Waals surface area contributed by atoms with E-state index in [9.17, 15) is 9.59 Å². The molecule has 29 heavy (non-hydrogen) atoms. The fourth-order valence-corrected chi connectivity index (χ4v) is 3.33. The van der Waals surface area contributed by atoms with E-state index in [0.29, 0.717) is 33.5 Å². The Bertz CT molecular complexity index is 1040. The maximum absolute atomic E-state index is 13.1. The van der Waals surface area contributed by atoms with E-state index in [1.807, 2.05) is 0 Å². The number of hydrogen-bond acceptors (Lipinski definition) is 6. The molecule has 9 heteroatoms. The van der Waals surface area contributed by atoms with Crippen molar-refractivity contribution >= 4 is 52.5 Å². The Labute approximate surface area is 177 Å². The molecule has 1 aliphatic heterocycles. The number of halogens is 1. The van der Waals surface area contributed by atoms with Gasteiger partial charge >= 0.3 is 0 Å². The molecule has 150 valence electrons. The summed E-state index contributed by atoms with van der Waals surface area (Å²) in [5, 5.41) is 2.84. The molecule has 7 nitrogen and oxygen atoms in total. The number of ether oxygens (including phenoxy) is 3. The standard InChI is InChI=1S/C20H17ClN2O5S/c1-26-12-5-6-15(17(10-12)28-3)23-19(25)13(18(24)22-20(23)29)8-11-4-7-16(27-2)14(21)9-11/h4-10H,1-3H3,(H,22,24,29)/b13-8+. The van der Waals surface area contributed by atoms with Gasteiger partial charge in [0.25, 0.3) is 11.8 Å². The molecule has 2 aromatic rings. The predicted octanol–water partition coefficient (Wildman–Crippen LogP) is 3.20. The van der Waals surface area contributed by atoms with Gasteiger partial charge in [-0.05, 0) is 48.1 Å². The van der Waals surface area contributed by atoms with E-state index in [1.165, 1.54) is 32.3 Å². The van der Waals surface area contributed by atoms with Crippen LogP contribution in [0.5, 0.6) is 17.2 Å². The summed E-state index contributed by atoms with van der Waals surface area (Å²) in [7, 11) is 4.48. The van der Waals surface area contributed by atoms with Crippen molar-refractivity contribution in [1.82, 2.24) is 5.32 Å².